The molecule has 0 aliphatic heterocycles. The summed E-state index contributed by atoms with van der Waals surface area (Å²) < 4.78 is 29.9. The lowest BCUT2D eigenvalue weighted by Crippen LogP contribution is -2.14. The third-order valence-electron chi connectivity index (χ3n) is 5.26. The quantitative estimate of drug-likeness (QED) is 0.406. The summed E-state index contributed by atoms with van der Waals surface area (Å²) in [4.78, 5) is 4.79. The van der Waals surface area contributed by atoms with Crippen LogP contribution in [-0.4, -0.2) is 26.3 Å². The normalized spacial score (nSPS) is 10.9. The summed E-state index contributed by atoms with van der Waals surface area (Å²) in [5.41, 5.74) is 4.37. The first-order valence-electron chi connectivity index (χ1n) is 10.3. The van der Waals surface area contributed by atoms with Gasteiger partial charge in [0.25, 0.3) is 0 Å². The van der Waals surface area contributed by atoms with E-state index in [1.807, 2.05) is 42.5 Å². The molecule has 0 radical (unpaired) electrons. The van der Waals surface area contributed by atoms with E-state index in [0.29, 0.717) is 18.6 Å². The van der Waals surface area contributed by atoms with Crippen LogP contribution in [0.15, 0.2) is 66.7 Å². The molecular weight excluding hydrogens is 407 g/mol. The molecule has 1 aromatic heterocycles. The third-order valence-corrected chi connectivity index (χ3v) is 5.26. The van der Waals surface area contributed by atoms with E-state index in [-0.39, 0.29) is 5.82 Å². The Kier molecular flexibility index (Phi) is 6.52. The molecule has 0 spiro atoms. The molecule has 0 amide bonds. The van der Waals surface area contributed by atoms with Gasteiger partial charge >= 0.3 is 0 Å². The third kappa shape index (κ3) is 4.81. The molecule has 0 aliphatic rings. The number of fused-ring (bicyclic) bond motifs is 1. The number of ether oxygens (including phenoxy) is 3. The van der Waals surface area contributed by atoms with Crippen LogP contribution < -0.4 is 19.5 Å². The van der Waals surface area contributed by atoms with Crippen molar-refractivity contribution in [3.63, 3.8) is 0 Å². The van der Waals surface area contributed by atoms with Gasteiger partial charge in [0.2, 0.25) is 0 Å². The van der Waals surface area contributed by atoms with Gasteiger partial charge in [0.05, 0.1) is 32.5 Å². The van der Waals surface area contributed by atoms with E-state index in [1.54, 1.807) is 27.4 Å². The number of methoxy groups -OCH3 is 3. The molecule has 0 saturated carbocycles. The minimum atomic E-state index is -0.306. The van der Waals surface area contributed by atoms with Crippen molar-refractivity contribution >= 4 is 10.9 Å². The van der Waals surface area contributed by atoms with E-state index in [4.69, 9.17) is 19.2 Å². The molecule has 164 valence electrons. The van der Waals surface area contributed by atoms with Crippen molar-refractivity contribution in [1.82, 2.24) is 10.3 Å². The molecule has 5 nitrogen and oxygen atoms in total. The standard InChI is InChI=1S/C26H25FN2O3/c1-30-22-6-4-5-19(12-22)26-20(11-18-7-8-21(27)13-25(18)29-26)16-28-15-17-9-23(31-2)14-24(10-17)32-3/h4-14,28H,15-16H2,1-3H3. The molecule has 1 N–H and O–H groups in total. The lowest BCUT2D eigenvalue weighted by atomic mass is 10.0. The number of benzene rings is 3. The SMILES string of the molecule is COc1cc(CNCc2cc3ccc(F)cc3nc2-c2cccc(OC)c2)cc(OC)c1. The fourth-order valence-corrected chi connectivity index (χ4v) is 3.65. The molecule has 0 aliphatic carbocycles. The van der Waals surface area contributed by atoms with Gasteiger partial charge < -0.3 is 19.5 Å². The Bertz CT molecular complexity index is 1220. The van der Waals surface area contributed by atoms with Crippen LogP contribution in [0.1, 0.15) is 11.1 Å². The van der Waals surface area contributed by atoms with Crippen molar-refractivity contribution in [1.29, 1.82) is 0 Å². The van der Waals surface area contributed by atoms with Gasteiger partial charge in [-0.2, -0.15) is 0 Å². The van der Waals surface area contributed by atoms with Crippen molar-refractivity contribution < 1.29 is 18.6 Å². The minimum Gasteiger partial charge on any atom is -0.497 e. The highest BCUT2D eigenvalue weighted by Gasteiger charge is 2.11. The molecule has 0 bridgehead atoms. The Morgan fingerprint density at radius 3 is 2.25 bits per heavy atom. The second-order valence-electron chi connectivity index (χ2n) is 7.39. The topological polar surface area (TPSA) is 52.6 Å². The molecule has 0 unspecified atom stereocenters. The number of halogens is 1. The highest BCUT2D eigenvalue weighted by molar-refractivity contribution is 5.83. The van der Waals surface area contributed by atoms with Crippen LogP contribution in [0, 0.1) is 5.82 Å². The Balaban J connectivity index is 1.65. The van der Waals surface area contributed by atoms with Crippen LogP contribution in [0.25, 0.3) is 22.2 Å². The van der Waals surface area contributed by atoms with Gasteiger partial charge in [-0.25, -0.2) is 9.37 Å². The van der Waals surface area contributed by atoms with E-state index >= 15 is 0 Å². The van der Waals surface area contributed by atoms with Crippen molar-refractivity contribution in [2.45, 2.75) is 13.1 Å². The largest absolute Gasteiger partial charge is 0.497 e. The van der Waals surface area contributed by atoms with Crippen LogP contribution in [0.2, 0.25) is 0 Å². The zero-order chi connectivity index (χ0) is 22.5. The average molecular weight is 432 g/mol. The fourth-order valence-electron chi connectivity index (χ4n) is 3.65. The summed E-state index contributed by atoms with van der Waals surface area (Å²) in [6, 6.07) is 20.2. The van der Waals surface area contributed by atoms with Gasteiger partial charge in [-0.15, -0.1) is 0 Å². The Morgan fingerprint density at radius 2 is 1.53 bits per heavy atom. The first-order valence-corrected chi connectivity index (χ1v) is 10.3. The number of rotatable bonds is 8. The lowest BCUT2D eigenvalue weighted by Gasteiger charge is -2.14. The maximum absolute atomic E-state index is 13.8. The van der Waals surface area contributed by atoms with Crippen LogP contribution in [0.4, 0.5) is 4.39 Å². The van der Waals surface area contributed by atoms with Crippen molar-refractivity contribution in [3.8, 4) is 28.5 Å². The maximum atomic E-state index is 13.8. The first kappa shape index (κ1) is 21.6. The monoisotopic (exact) mass is 432 g/mol. The number of pyridine rings is 1. The Hall–Kier alpha value is -3.64. The van der Waals surface area contributed by atoms with Crippen molar-refractivity contribution in [3.05, 3.63) is 83.7 Å². The highest BCUT2D eigenvalue weighted by atomic mass is 19.1. The fraction of sp³-hybridized carbons (Fsp3) is 0.192. The van der Waals surface area contributed by atoms with Gasteiger partial charge in [0.1, 0.15) is 23.1 Å². The first-order chi connectivity index (χ1) is 15.6. The van der Waals surface area contributed by atoms with Crippen molar-refractivity contribution in [2.75, 3.05) is 21.3 Å². The zero-order valence-electron chi connectivity index (χ0n) is 18.3. The summed E-state index contributed by atoms with van der Waals surface area (Å²) in [6.45, 7) is 1.19. The number of hydrogen-bond acceptors (Lipinski definition) is 5. The molecule has 4 aromatic rings. The second-order valence-corrected chi connectivity index (χ2v) is 7.39. The molecular formula is C26H25FN2O3. The summed E-state index contributed by atoms with van der Waals surface area (Å²) in [6.07, 6.45) is 0. The number of aromatic nitrogens is 1. The smallest absolute Gasteiger partial charge is 0.125 e. The van der Waals surface area contributed by atoms with Crippen LogP contribution >= 0.6 is 0 Å². The Labute approximate surface area is 186 Å². The Morgan fingerprint density at radius 1 is 0.781 bits per heavy atom. The average Bonchev–Trinajstić information content (AvgIpc) is 2.83. The van der Waals surface area contributed by atoms with Gasteiger partial charge in [-0.05, 0) is 53.6 Å². The van der Waals surface area contributed by atoms with E-state index in [1.165, 1.54) is 12.1 Å². The van der Waals surface area contributed by atoms with E-state index in [2.05, 4.69) is 11.4 Å². The molecule has 32 heavy (non-hydrogen) atoms. The van der Waals surface area contributed by atoms with Gasteiger partial charge in [-0.3, -0.25) is 0 Å². The van der Waals surface area contributed by atoms with E-state index in [9.17, 15) is 4.39 Å². The predicted molar refractivity (Wildman–Crippen MR) is 124 cm³/mol. The zero-order valence-corrected chi connectivity index (χ0v) is 18.3. The summed E-state index contributed by atoms with van der Waals surface area (Å²) in [7, 11) is 4.90. The second kappa shape index (κ2) is 9.66. The maximum Gasteiger partial charge on any atom is 0.125 e. The van der Waals surface area contributed by atoms with E-state index < -0.39 is 0 Å². The predicted octanol–water partition coefficient (Wildman–Crippen LogP) is 5.36. The van der Waals surface area contributed by atoms with Crippen LogP contribution in [-0.2, 0) is 13.1 Å². The number of hydrogen-bond donors (Lipinski definition) is 1. The number of nitrogens with zero attached hydrogens (tertiary/aromatic N) is 1. The molecule has 4 rings (SSSR count). The minimum absolute atomic E-state index is 0.306. The van der Waals surface area contributed by atoms with E-state index in [0.717, 1.165) is 45.0 Å². The van der Waals surface area contributed by atoms with Gasteiger partial charge in [0.15, 0.2) is 0 Å². The van der Waals surface area contributed by atoms with Crippen molar-refractivity contribution in [2.24, 2.45) is 0 Å². The molecule has 1 heterocycles. The summed E-state index contributed by atoms with van der Waals surface area (Å²) in [5, 5.41) is 4.37. The summed E-state index contributed by atoms with van der Waals surface area (Å²) >= 11 is 0. The van der Waals surface area contributed by atoms with Crippen LogP contribution in [0.3, 0.4) is 0 Å². The van der Waals surface area contributed by atoms with Gasteiger partial charge in [-0.1, -0.05) is 12.1 Å². The highest BCUT2D eigenvalue weighted by Crippen LogP contribution is 2.29. The number of nitrogens with one attached hydrogen (secondary N) is 1. The van der Waals surface area contributed by atoms with Gasteiger partial charge in [0, 0.05) is 36.2 Å². The molecule has 0 fully saturated rings. The molecule has 0 atom stereocenters. The molecule has 0 saturated heterocycles. The summed E-state index contributed by atoms with van der Waals surface area (Å²) in [5.74, 6) is 1.92. The lowest BCUT2D eigenvalue weighted by molar-refractivity contribution is 0.393. The molecule has 6 heteroatoms. The van der Waals surface area contributed by atoms with Crippen LogP contribution in [0.5, 0.6) is 17.2 Å². The molecule has 3 aromatic carbocycles.